The molecule has 1 N–H and O–H groups in total. The van der Waals surface area contributed by atoms with Crippen LogP contribution in [0.25, 0.3) is 0 Å². The van der Waals surface area contributed by atoms with Crippen LogP contribution >= 0.6 is 0 Å². The number of benzene rings is 1. The van der Waals surface area contributed by atoms with Crippen LogP contribution in [0.2, 0.25) is 0 Å². The molecule has 2 rings (SSSR count). The van der Waals surface area contributed by atoms with Gasteiger partial charge in [-0.05, 0) is 36.0 Å². The van der Waals surface area contributed by atoms with Gasteiger partial charge in [0.05, 0.1) is 13.0 Å². The second-order valence-electron chi connectivity index (χ2n) is 6.70. The van der Waals surface area contributed by atoms with Crippen molar-refractivity contribution in [3.8, 4) is 0 Å². The van der Waals surface area contributed by atoms with Gasteiger partial charge >= 0.3 is 5.97 Å². The fraction of sp³-hybridized carbons (Fsp3) is 0.500. The number of nitrogens with one attached hydrogen (secondary N) is 1. The van der Waals surface area contributed by atoms with Crippen molar-refractivity contribution in [2.24, 2.45) is 5.92 Å². The molecule has 114 valence electrons. The molecular weight excluding hydrogens is 262 g/mol. The highest BCUT2D eigenvalue weighted by atomic mass is 16.5. The van der Waals surface area contributed by atoms with Crippen LogP contribution in [0.5, 0.6) is 0 Å². The van der Waals surface area contributed by atoms with Crippen molar-refractivity contribution < 1.29 is 9.53 Å². The Labute approximate surface area is 127 Å². The molecule has 3 nitrogen and oxygen atoms in total. The number of carbonyl (C=O) groups is 1. The molecule has 0 saturated carbocycles. The summed E-state index contributed by atoms with van der Waals surface area (Å²) in [6, 6.07) is 8.72. The topological polar surface area (TPSA) is 38.3 Å². The monoisotopic (exact) mass is 287 g/mol. The van der Waals surface area contributed by atoms with E-state index < -0.39 is 0 Å². The average Bonchev–Trinajstić information content (AvgIpc) is 2.46. The van der Waals surface area contributed by atoms with E-state index in [4.69, 9.17) is 4.74 Å². The van der Waals surface area contributed by atoms with E-state index in [1.165, 1.54) is 12.7 Å². The normalized spacial score (nSPS) is 21.9. The van der Waals surface area contributed by atoms with Gasteiger partial charge in [0.15, 0.2) is 0 Å². The molecule has 1 aromatic rings. The fourth-order valence-corrected chi connectivity index (χ4v) is 2.64. The Bertz CT molecular complexity index is 511. The van der Waals surface area contributed by atoms with E-state index in [1.807, 2.05) is 0 Å². The van der Waals surface area contributed by atoms with Gasteiger partial charge in [-0.15, -0.1) is 0 Å². The van der Waals surface area contributed by atoms with Crippen LogP contribution in [-0.4, -0.2) is 19.1 Å². The van der Waals surface area contributed by atoms with Gasteiger partial charge in [0.2, 0.25) is 0 Å². The number of hydrogen-bond donors (Lipinski definition) is 1. The van der Waals surface area contributed by atoms with Crippen molar-refractivity contribution in [2.75, 3.05) is 12.4 Å². The van der Waals surface area contributed by atoms with E-state index in [1.54, 1.807) is 0 Å². The zero-order valence-corrected chi connectivity index (χ0v) is 13.3. The number of ether oxygens (including phenoxy) is 1. The SMILES string of the molecule is COC(=O)[C@H]1CC=C[C@@H](Nc2ccc(C(C)(C)C)cc2)C1. The Kier molecular flexibility index (Phi) is 4.71. The Balaban J connectivity index is 2.00. The molecule has 0 aliphatic heterocycles. The van der Waals surface area contributed by atoms with Crippen LogP contribution in [0, 0.1) is 5.92 Å². The predicted molar refractivity (Wildman–Crippen MR) is 86.4 cm³/mol. The number of esters is 1. The van der Waals surface area contributed by atoms with Gasteiger partial charge in [-0.2, -0.15) is 0 Å². The molecule has 0 heterocycles. The molecule has 0 amide bonds. The summed E-state index contributed by atoms with van der Waals surface area (Å²) in [6.45, 7) is 6.63. The minimum Gasteiger partial charge on any atom is -0.469 e. The zero-order chi connectivity index (χ0) is 15.5. The second kappa shape index (κ2) is 6.33. The van der Waals surface area contributed by atoms with Gasteiger partial charge < -0.3 is 10.1 Å². The first-order chi connectivity index (χ1) is 9.90. The maximum atomic E-state index is 11.6. The maximum Gasteiger partial charge on any atom is 0.309 e. The van der Waals surface area contributed by atoms with Crippen molar-refractivity contribution in [3.63, 3.8) is 0 Å². The second-order valence-corrected chi connectivity index (χ2v) is 6.70. The number of anilines is 1. The molecule has 1 aliphatic carbocycles. The smallest absolute Gasteiger partial charge is 0.309 e. The average molecular weight is 287 g/mol. The van der Waals surface area contributed by atoms with Crippen molar-refractivity contribution in [1.82, 2.24) is 0 Å². The van der Waals surface area contributed by atoms with Crippen LogP contribution in [-0.2, 0) is 14.9 Å². The number of hydrogen-bond acceptors (Lipinski definition) is 3. The summed E-state index contributed by atoms with van der Waals surface area (Å²) in [5, 5.41) is 3.47. The predicted octanol–water partition coefficient (Wildman–Crippen LogP) is 3.90. The third kappa shape index (κ3) is 4.10. The zero-order valence-electron chi connectivity index (χ0n) is 13.3. The number of carbonyl (C=O) groups excluding carboxylic acids is 1. The quantitative estimate of drug-likeness (QED) is 0.677. The molecule has 2 atom stereocenters. The molecule has 0 unspecified atom stereocenters. The number of allylic oxidation sites excluding steroid dienone is 1. The van der Waals surface area contributed by atoms with Crippen molar-refractivity contribution in [3.05, 3.63) is 42.0 Å². The highest BCUT2D eigenvalue weighted by molar-refractivity contribution is 5.73. The first kappa shape index (κ1) is 15.6. The van der Waals surface area contributed by atoms with Crippen molar-refractivity contribution >= 4 is 11.7 Å². The van der Waals surface area contributed by atoms with Gasteiger partial charge in [-0.25, -0.2) is 0 Å². The Morgan fingerprint density at radius 1 is 1.24 bits per heavy atom. The molecule has 0 aromatic heterocycles. The van der Waals surface area contributed by atoms with Crippen LogP contribution in [0.4, 0.5) is 5.69 Å². The summed E-state index contributed by atoms with van der Waals surface area (Å²) >= 11 is 0. The van der Waals surface area contributed by atoms with Crippen LogP contribution < -0.4 is 5.32 Å². The van der Waals surface area contributed by atoms with Gasteiger partial charge in [0, 0.05) is 11.7 Å². The fourth-order valence-electron chi connectivity index (χ4n) is 2.64. The Morgan fingerprint density at radius 2 is 1.90 bits per heavy atom. The third-order valence-electron chi connectivity index (χ3n) is 3.96. The number of rotatable bonds is 3. The van der Waals surface area contributed by atoms with Gasteiger partial charge in [-0.3, -0.25) is 4.79 Å². The summed E-state index contributed by atoms with van der Waals surface area (Å²) in [5.74, 6) is -0.152. The van der Waals surface area contributed by atoms with Crippen molar-refractivity contribution in [1.29, 1.82) is 0 Å². The lowest BCUT2D eigenvalue weighted by molar-refractivity contribution is -0.145. The molecule has 0 bridgehead atoms. The molecule has 1 aliphatic rings. The molecule has 0 saturated heterocycles. The van der Waals surface area contributed by atoms with Crippen LogP contribution in [0.1, 0.15) is 39.2 Å². The summed E-state index contributed by atoms with van der Waals surface area (Å²) in [5.41, 5.74) is 2.57. The highest BCUT2D eigenvalue weighted by Crippen LogP contribution is 2.26. The van der Waals surface area contributed by atoms with E-state index in [0.717, 1.165) is 18.5 Å². The Morgan fingerprint density at radius 3 is 2.48 bits per heavy atom. The largest absolute Gasteiger partial charge is 0.469 e. The van der Waals surface area contributed by atoms with Crippen molar-refractivity contribution in [2.45, 2.75) is 45.1 Å². The molecular formula is C18H25NO2. The van der Waals surface area contributed by atoms with E-state index in [9.17, 15) is 4.79 Å². The lowest BCUT2D eigenvalue weighted by atomic mass is 9.87. The first-order valence-corrected chi connectivity index (χ1v) is 7.51. The van der Waals surface area contributed by atoms with Gasteiger partial charge in [-0.1, -0.05) is 45.1 Å². The van der Waals surface area contributed by atoms with E-state index >= 15 is 0 Å². The molecule has 0 fully saturated rings. The molecule has 1 aromatic carbocycles. The summed E-state index contributed by atoms with van der Waals surface area (Å²) in [7, 11) is 1.45. The summed E-state index contributed by atoms with van der Waals surface area (Å²) in [6.07, 6.45) is 5.75. The minimum absolute atomic E-state index is 0.0358. The van der Waals surface area contributed by atoms with Gasteiger partial charge in [0.1, 0.15) is 0 Å². The Hall–Kier alpha value is -1.77. The molecule has 0 spiro atoms. The maximum absolute atomic E-state index is 11.6. The van der Waals surface area contributed by atoms with E-state index in [0.29, 0.717) is 0 Å². The summed E-state index contributed by atoms with van der Waals surface area (Å²) < 4.78 is 4.84. The van der Waals surface area contributed by atoms with Crippen LogP contribution in [0.15, 0.2) is 36.4 Å². The lowest BCUT2D eigenvalue weighted by Crippen LogP contribution is -2.28. The van der Waals surface area contributed by atoms with Gasteiger partial charge in [0.25, 0.3) is 0 Å². The van der Waals surface area contributed by atoms with Crippen LogP contribution in [0.3, 0.4) is 0 Å². The summed E-state index contributed by atoms with van der Waals surface area (Å²) in [4.78, 5) is 11.6. The minimum atomic E-state index is -0.116. The van der Waals surface area contributed by atoms with E-state index in [-0.39, 0.29) is 23.3 Å². The molecule has 21 heavy (non-hydrogen) atoms. The first-order valence-electron chi connectivity index (χ1n) is 7.51. The third-order valence-corrected chi connectivity index (χ3v) is 3.96. The molecule has 0 radical (unpaired) electrons. The molecule has 3 heteroatoms. The van der Waals surface area contributed by atoms with E-state index in [2.05, 4.69) is 62.5 Å². The standard InChI is InChI=1S/C18H25NO2/c1-18(2,3)14-8-10-15(11-9-14)19-16-7-5-6-13(12-16)17(20)21-4/h5,7-11,13,16,19H,6,12H2,1-4H3/t13-,16+/m0/s1. The lowest BCUT2D eigenvalue weighted by Gasteiger charge is -2.25. The number of methoxy groups -OCH3 is 1. The highest BCUT2D eigenvalue weighted by Gasteiger charge is 2.24.